The summed E-state index contributed by atoms with van der Waals surface area (Å²) in [5.41, 5.74) is 0.667. The van der Waals surface area contributed by atoms with Crippen molar-refractivity contribution in [3.05, 3.63) is 16.1 Å². The number of hydrogen-bond acceptors (Lipinski definition) is 3. The molecule has 0 aliphatic heterocycles. The van der Waals surface area contributed by atoms with E-state index in [1.54, 1.807) is 11.3 Å². The van der Waals surface area contributed by atoms with E-state index < -0.39 is 0 Å². The van der Waals surface area contributed by atoms with Gasteiger partial charge in [-0.25, -0.2) is 4.98 Å². The Morgan fingerprint density at radius 3 is 2.28 bits per heavy atom. The van der Waals surface area contributed by atoms with Crippen LogP contribution >= 0.6 is 11.3 Å². The number of unbranched alkanes of at least 4 members (excludes halogenated alkanes) is 7. The molecule has 18 heavy (non-hydrogen) atoms. The van der Waals surface area contributed by atoms with Crippen LogP contribution < -0.4 is 0 Å². The Kier molecular flexibility index (Phi) is 7.90. The zero-order valence-corrected chi connectivity index (χ0v) is 12.5. The molecule has 0 spiro atoms. The van der Waals surface area contributed by atoms with Gasteiger partial charge in [0.1, 0.15) is 5.69 Å². The summed E-state index contributed by atoms with van der Waals surface area (Å²) in [7, 11) is 0. The number of carbonyl (C=O) groups excluding carboxylic acids is 1. The van der Waals surface area contributed by atoms with Crippen molar-refractivity contribution >= 4 is 17.1 Å². The van der Waals surface area contributed by atoms with E-state index in [1.165, 1.54) is 44.9 Å². The normalized spacial score (nSPS) is 10.8. The minimum Gasteiger partial charge on any atom is -0.292 e. The van der Waals surface area contributed by atoms with Crippen molar-refractivity contribution < 1.29 is 4.79 Å². The van der Waals surface area contributed by atoms with Gasteiger partial charge >= 0.3 is 0 Å². The number of Topliss-reactive ketones (excluding diaryl/α,β-unsaturated/α-hetero) is 1. The molecule has 0 N–H and O–H groups in total. The summed E-state index contributed by atoms with van der Waals surface area (Å²) < 4.78 is 0. The van der Waals surface area contributed by atoms with Crippen molar-refractivity contribution in [2.45, 2.75) is 71.6 Å². The molecule has 0 aliphatic carbocycles. The second-order valence-electron chi connectivity index (χ2n) is 4.90. The zero-order valence-electron chi connectivity index (χ0n) is 11.7. The molecule has 1 rings (SSSR count). The Hall–Kier alpha value is -0.700. The first-order chi connectivity index (χ1) is 8.74. The minimum absolute atomic E-state index is 0.213. The Labute approximate surface area is 115 Å². The number of rotatable bonds is 10. The van der Waals surface area contributed by atoms with E-state index in [2.05, 4.69) is 11.9 Å². The number of aryl methyl sites for hydroxylation is 1. The van der Waals surface area contributed by atoms with Crippen molar-refractivity contribution in [2.24, 2.45) is 0 Å². The van der Waals surface area contributed by atoms with E-state index in [9.17, 15) is 4.79 Å². The molecule has 102 valence electrons. The first-order valence-electron chi connectivity index (χ1n) is 7.19. The molecule has 0 aromatic carbocycles. The van der Waals surface area contributed by atoms with Gasteiger partial charge in [-0.15, -0.1) is 11.3 Å². The number of ketones is 1. The van der Waals surface area contributed by atoms with Gasteiger partial charge in [0.05, 0.1) is 5.01 Å². The summed E-state index contributed by atoms with van der Waals surface area (Å²) >= 11 is 1.56. The molecule has 0 atom stereocenters. The lowest BCUT2D eigenvalue weighted by molar-refractivity contribution is 0.0975. The molecule has 3 heteroatoms. The van der Waals surface area contributed by atoms with Crippen molar-refractivity contribution in [1.82, 2.24) is 4.98 Å². The van der Waals surface area contributed by atoms with Gasteiger partial charge in [0.2, 0.25) is 0 Å². The maximum absolute atomic E-state index is 11.8. The molecule has 0 amide bonds. The second kappa shape index (κ2) is 9.26. The highest BCUT2D eigenvalue weighted by Crippen LogP contribution is 2.13. The van der Waals surface area contributed by atoms with E-state index in [-0.39, 0.29) is 5.78 Å². The highest BCUT2D eigenvalue weighted by atomic mass is 32.1. The van der Waals surface area contributed by atoms with Gasteiger partial charge < -0.3 is 0 Å². The summed E-state index contributed by atoms with van der Waals surface area (Å²) in [5.74, 6) is 0.213. The first kappa shape index (κ1) is 15.4. The summed E-state index contributed by atoms with van der Waals surface area (Å²) in [6.07, 6.45) is 10.9. The van der Waals surface area contributed by atoms with Gasteiger partial charge in [0, 0.05) is 11.8 Å². The van der Waals surface area contributed by atoms with Crippen LogP contribution in [-0.2, 0) is 0 Å². The van der Waals surface area contributed by atoms with Crippen molar-refractivity contribution in [2.75, 3.05) is 0 Å². The third-order valence-corrected chi connectivity index (χ3v) is 3.94. The lowest BCUT2D eigenvalue weighted by Gasteiger charge is -2.00. The highest BCUT2D eigenvalue weighted by Gasteiger charge is 2.08. The van der Waals surface area contributed by atoms with Gasteiger partial charge in [0.25, 0.3) is 0 Å². The molecule has 2 nitrogen and oxygen atoms in total. The zero-order chi connectivity index (χ0) is 13.2. The number of nitrogens with zero attached hydrogens (tertiary/aromatic N) is 1. The van der Waals surface area contributed by atoms with Gasteiger partial charge in [-0.3, -0.25) is 4.79 Å². The predicted octanol–water partition coefficient (Wildman–Crippen LogP) is 5.17. The Morgan fingerprint density at radius 1 is 1.11 bits per heavy atom. The van der Waals surface area contributed by atoms with E-state index in [4.69, 9.17) is 0 Å². The molecule has 0 unspecified atom stereocenters. The summed E-state index contributed by atoms with van der Waals surface area (Å²) in [4.78, 5) is 16.0. The molecule has 0 aliphatic rings. The van der Waals surface area contributed by atoms with Crippen LogP contribution in [0.1, 0.15) is 80.2 Å². The van der Waals surface area contributed by atoms with Crippen molar-refractivity contribution in [3.8, 4) is 0 Å². The van der Waals surface area contributed by atoms with E-state index >= 15 is 0 Å². The SMILES string of the molecule is CCCCCCCCCCC(=O)c1csc(C)n1. The van der Waals surface area contributed by atoms with Crippen LogP contribution in [-0.4, -0.2) is 10.8 Å². The van der Waals surface area contributed by atoms with Crippen molar-refractivity contribution in [3.63, 3.8) is 0 Å². The highest BCUT2D eigenvalue weighted by molar-refractivity contribution is 7.09. The second-order valence-corrected chi connectivity index (χ2v) is 5.96. The van der Waals surface area contributed by atoms with Crippen LogP contribution in [0.4, 0.5) is 0 Å². The van der Waals surface area contributed by atoms with Crippen LogP contribution in [0.2, 0.25) is 0 Å². The number of aromatic nitrogens is 1. The van der Waals surface area contributed by atoms with Gasteiger partial charge in [-0.1, -0.05) is 51.9 Å². The van der Waals surface area contributed by atoms with Crippen molar-refractivity contribution in [1.29, 1.82) is 0 Å². The molecule has 0 saturated carbocycles. The van der Waals surface area contributed by atoms with Crippen LogP contribution in [0.25, 0.3) is 0 Å². The minimum atomic E-state index is 0.213. The maximum Gasteiger partial charge on any atom is 0.182 e. The largest absolute Gasteiger partial charge is 0.292 e. The Balaban J connectivity index is 1.99. The van der Waals surface area contributed by atoms with Crippen LogP contribution in [0.15, 0.2) is 5.38 Å². The maximum atomic E-state index is 11.8. The van der Waals surface area contributed by atoms with Gasteiger partial charge in [-0.05, 0) is 13.3 Å². The van der Waals surface area contributed by atoms with Gasteiger partial charge in [-0.2, -0.15) is 0 Å². The fourth-order valence-corrected chi connectivity index (χ4v) is 2.66. The molecule has 0 radical (unpaired) electrons. The first-order valence-corrected chi connectivity index (χ1v) is 8.07. The van der Waals surface area contributed by atoms with Gasteiger partial charge in [0.15, 0.2) is 5.78 Å². The lowest BCUT2D eigenvalue weighted by Crippen LogP contribution is -1.99. The monoisotopic (exact) mass is 267 g/mol. The standard InChI is InChI=1S/C15H25NOS/c1-3-4-5-6-7-8-9-10-11-15(17)14-12-18-13(2)16-14/h12H,3-11H2,1-2H3. The fraction of sp³-hybridized carbons (Fsp3) is 0.733. The molecule has 0 fully saturated rings. The third kappa shape index (κ3) is 6.29. The third-order valence-electron chi connectivity index (χ3n) is 3.16. The fourth-order valence-electron chi connectivity index (χ4n) is 2.04. The molecule has 1 heterocycles. The Morgan fingerprint density at radius 2 is 1.72 bits per heavy atom. The van der Waals surface area contributed by atoms with E-state index in [0.29, 0.717) is 12.1 Å². The topological polar surface area (TPSA) is 30.0 Å². The number of thiazole rings is 1. The molecular formula is C15H25NOS. The molecule has 1 aromatic rings. The molecule has 1 aromatic heterocycles. The summed E-state index contributed by atoms with van der Waals surface area (Å²) in [6, 6.07) is 0. The predicted molar refractivity (Wildman–Crippen MR) is 78.4 cm³/mol. The number of carbonyl (C=O) groups is 1. The van der Waals surface area contributed by atoms with E-state index in [1.807, 2.05) is 12.3 Å². The average Bonchev–Trinajstić information content (AvgIpc) is 2.79. The summed E-state index contributed by atoms with van der Waals surface area (Å²) in [6.45, 7) is 4.18. The lowest BCUT2D eigenvalue weighted by atomic mass is 10.1. The quantitative estimate of drug-likeness (QED) is 0.432. The Bertz CT molecular complexity index is 346. The average molecular weight is 267 g/mol. The molecule has 0 bridgehead atoms. The smallest absolute Gasteiger partial charge is 0.182 e. The van der Waals surface area contributed by atoms with Crippen LogP contribution in [0.3, 0.4) is 0 Å². The van der Waals surface area contributed by atoms with Crippen LogP contribution in [0.5, 0.6) is 0 Å². The van der Waals surface area contributed by atoms with E-state index in [0.717, 1.165) is 11.4 Å². The summed E-state index contributed by atoms with van der Waals surface area (Å²) in [5, 5.41) is 2.86. The molecular weight excluding hydrogens is 242 g/mol. The number of hydrogen-bond donors (Lipinski definition) is 0. The molecule has 0 saturated heterocycles. The van der Waals surface area contributed by atoms with Crippen LogP contribution in [0, 0.1) is 6.92 Å².